The van der Waals surface area contributed by atoms with Gasteiger partial charge in [-0.2, -0.15) is 0 Å². The van der Waals surface area contributed by atoms with Crippen molar-refractivity contribution in [1.82, 2.24) is 5.32 Å². The zero-order chi connectivity index (χ0) is 17.4. The van der Waals surface area contributed by atoms with Gasteiger partial charge < -0.3 is 14.8 Å². The highest BCUT2D eigenvalue weighted by Crippen LogP contribution is 2.38. The lowest BCUT2D eigenvalue weighted by atomic mass is 9.93. The molecule has 0 aliphatic carbocycles. The third-order valence-corrected chi connectivity index (χ3v) is 4.79. The second-order valence-corrected chi connectivity index (χ2v) is 7.44. The van der Waals surface area contributed by atoms with Gasteiger partial charge in [-0.15, -0.1) is 12.4 Å². The van der Waals surface area contributed by atoms with Gasteiger partial charge in [0.2, 0.25) is 0 Å². The molecule has 0 aromatic heterocycles. The fourth-order valence-corrected chi connectivity index (χ4v) is 3.37. The quantitative estimate of drug-likeness (QED) is 0.519. The van der Waals surface area contributed by atoms with Gasteiger partial charge in [0, 0.05) is 24.1 Å². The summed E-state index contributed by atoms with van der Waals surface area (Å²) in [6.45, 7) is 7.82. The number of benzene rings is 1. The fourth-order valence-electron chi connectivity index (χ4n) is 3.37. The summed E-state index contributed by atoms with van der Waals surface area (Å²) in [5, 5.41) is 3.73. The van der Waals surface area contributed by atoms with Gasteiger partial charge in [-0.3, -0.25) is 0 Å². The molecule has 3 nitrogen and oxygen atoms in total. The van der Waals surface area contributed by atoms with Gasteiger partial charge in [0.25, 0.3) is 0 Å². The molecule has 0 amide bonds. The van der Waals surface area contributed by atoms with Crippen LogP contribution in [0, 0.1) is 5.92 Å². The van der Waals surface area contributed by atoms with Gasteiger partial charge in [-0.05, 0) is 31.4 Å². The van der Waals surface area contributed by atoms with Gasteiger partial charge in [-0.1, -0.05) is 52.5 Å². The Labute approximate surface area is 160 Å². The van der Waals surface area contributed by atoms with Crippen molar-refractivity contribution >= 4 is 12.4 Å². The number of nitrogens with one attached hydrogen (secondary N) is 1. The highest BCUT2D eigenvalue weighted by atomic mass is 35.5. The molecular weight excluding hydrogens is 334 g/mol. The molecular formula is C21H36ClNO2. The van der Waals surface area contributed by atoms with E-state index in [-0.39, 0.29) is 12.4 Å². The molecule has 1 aliphatic heterocycles. The summed E-state index contributed by atoms with van der Waals surface area (Å²) < 4.78 is 11.7. The third-order valence-electron chi connectivity index (χ3n) is 4.79. The Hall–Kier alpha value is -0.930. The molecule has 1 aromatic rings. The number of rotatable bonds is 10. The average Bonchev–Trinajstić information content (AvgIpc) is 2.58. The van der Waals surface area contributed by atoms with E-state index in [1.165, 1.54) is 37.7 Å². The van der Waals surface area contributed by atoms with Crippen LogP contribution >= 0.6 is 12.4 Å². The Kier molecular flexibility index (Phi) is 10.3. The van der Waals surface area contributed by atoms with E-state index in [2.05, 4.69) is 32.2 Å². The molecule has 2 rings (SSSR count). The van der Waals surface area contributed by atoms with E-state index in [0.717, 1.165) is 30.9 Å². The van der Waals surface area contributed by atoms with Crippen molar-refractivity contribution in [3.8, 4) is 11.5 Å². The Morgan fingerprint density at radius 3 is 2.64 bits per heavy atom. The van der Waals surface area contributed by atoms with Crippen LogP contribution in [-0.4, -0.2) is 19.8 Å². The molecule has 4 heteroatoms. The van der Waals surface area contributed by atoms with Crippen LogP contribution in [0.5, 0.6) is 11.5 Å². The van der Waals surface area contributed by atoms with Crippen molar-refractivity contribution in [3.05, 3.63) is 23.8 Å². The van der Waals surface area contributed by atoms with E-state index < -0.39 is 0 Å². The molecule has 0 bridgehead atoms. The zero-order valence-electron chi connectivity index (χ0n) is 16.3. The number of hydrogen-bond donors (Lipinski definition) is 1. The van der Waals surface area contributed by atoms with Crippen LogP contribution in [0.25, 0.3) is 0 Å². The van der Waals surface area contributed by atoms with Crippen molar-refractivity contribution in [2.75, 3.05) is 13.7 Å². The van der Waals surface area contributed by atoms with Crippen molar-refractivity contribution in [2.45, 2.75) is 77.9 Å². The maximum atomic E-state index is 6.30. The van der Waals surface area contributed by atoms with Crippen LogP contribution in [0.2, 0.25) is 0 Å². The second kappa shape index (κ2) is 11.6. The van der Waals surface area contributed by atoms with Crippen LogP contribution in [0.15, 0.2) is 18.2 Å². The lowest BCUT2D eigenvalue weighted by molar-refractivity contribution is 0.136. The lowest BCUT2D eigenvalue weighted by Gasteiger charge is -2.33. The smallest absolute Gasteiger partial charge is 0.128 e. The highest BCUT2D eigenvalue weighted by Gasteiger charge is 2.28. The molecule has 2 atom stereocenters. The third kappa shape index (κ3) is 7.07. The Bertz CT molecular complexity index is 493. The molecule has 2 unspecified atom stereocenters. The maximum absolute atomic E-state index is 6.30. The normalized spacial score (nSPS) is 19.1. The minimum Gasteiger partial charge on any atom is -0.497 e. The van der Waals surface area contributed by atoms with Crippen LogP contribution in [0.1, 0.15) is 77.3 Å². The molecule has 1 heterocycles. The van der Waals surface area contributed by atoms with Crippen molar-refractivity contribution < 1.29 is 9.47 Å². The van der Waals surface area contributed by atoms with E-state index in [4.69, 9.17) is 9.47 Å². The second-order valence-electron chi connectivity index (χ2n) is 7.44. The number of halogens is 1. The molecule has 0 spiro atoms. The summed E-state index contributed by atoms with van der Waals surface area (Å²) in [5.41, 5.74) is 1.28. The van der Waals surface area contributed by atoms with Crippen molar-refractivity contribution in [2.24, 2.45) is 5.92 Å². The van der Waals surface area contributed by atoms with Gasteiger partial charge in [0.15, 0.2) is 0 Å². The van der Waals surface area contributed by atoms with Gasteiger partial charge in [0.1, 0.15) is 17.6 Å². The first-order valence-corrected chi connectivity index (χ1v) is 9.72. The van der Waals surface area contributed by atoms with E-state index in [1.807, 2.05) is 12.1 Å². The Morgan fingerprint density at radius 2 is 1.96 bits per heavy atom. The lowest BCUT2D eigenvalue weighted by Crippen LogP contribution is -2.34. The molecule has 0 saturated heterocycles. The summed E-state index contributed by atoms with van der Waals surface area (Å²) in [6.07, 6.45) is 9.13. The number of unbranched alkanes of at least 4 members (excludes halogenated alkanes) is 4. The number of ether oxygens (including phenoxy) is 2. The summed E-state index contributed by atoms with van der Waals surface area (Å²) in [4.78, 5) is 0. The first-order chi connectivity index (χ1) is 11.6. The zero-order valence-corrected chi connectivity index (χ0v) is 17.2. The minimum absolute atomic E-state index is 0. The number of methoxy groups -OCH3 is 1. The first kappa shape index (κ1) is 22.1. The molecule has 144 valence electrons. The monoisotopic (exact) mass is 369 g/mol. The Morgan fingerprint density at radius 1 is 1.20 bits per heavy atom. The standard InChI is InChI=1S/C21H35NO2.ClH/c1-5-6-7-8-9-10-18-13-20(22-15-16(2)3)19-12-11-17(23-4)14-21(19)24-18;/h11-12,14,16,18,20,22H,5-10,13,15H2,1-4H3;1H. The molecule has 1 aromatic carbocycles. The molecule has 1 aliphatic rings. The van der Waals surface area contributed by atoms with Crippen molar-refractivity contribution in [3.63, 3.8) is 0 Å². The molecule has 0 saturated carbocycles. The molecule has 25 heavy (non-hydrogen) atoms. The van der Waals surface area contributed by atoms with E-state index in [9.17, 15) is 0 Å². The van der Waals surface area contributed by atoms with Crippen LogP contribution < -0.4 is 14.8 Å². The number of hydrogen-bond acceptors (Lipinski definition) is 3. The number of fused-ring (bicyclic) bond motifs is 1. The van der Waals surface area contributed by atoms with Crippen LogP contribution in [0.3, 0.4) is 0 Å². The fraction of sp³-hybridized carbons (Fsp3) is 0.714. The molecule has 0 fully saturated rings. The van der Waals surface area contributed by atoms with Gasteiger partial charge in [0.05, 0.1) is 7.11 Å². The van der Waals surface area contributed by atoms with E-state index >= 15 is 0 Å². The summed E-state index contributed by atoms with van der Waals surface area (Å²) in [7, 11) is 1.71. The largest absolute Gasteiger partial charge is 0.497 e. The van der Waals surface area contributed by atoms with Crippen LogP contribution in [-0.2, 0) is 0 Å². The van der Waals surface area contributed by atoms with Crippen LogP contribution in [0.4, 0.5) is 0 Å². The van der Waals surface area contributed by atoms with Gasteiger partial charge in [-0.25, -0.2) is 0 Å². The Balaban J connectivity index is 0.00000312. The van der Waals surface area contributed by atoms with Crippen molar-refractivity contribution in [1.29, 1.82) is 0 Å². The minimum atomic E-state index is 0. The van der Waals surface area contributed by atoms with E-state index in [1.54, 1.807) is 7.11 Å². The van der Waals surface area contributed by atoms with E-state index in [0.29, 0.717) is 18.1 Å². The predicted octanol–water partition coefficient (Wildman–Crippen LogP) is 5.92. The van der Waals surface area contributed by atoms with Gasteiger partial charge >= 0.3 is 0 Å². The summed E-state index contributed by atoms with van der Waals surface area (Å²) in [6, 6.07) is 6.63. The average molecular weight is 370 g/mol. The highest BCUT2D eigenvalue weighted by molar-refractivity contribution is 5.85. The SMILES string of the molecule is CCCCCCCC1CC(NCC(C)C)c2ccc(OC)cc2O1.Cl. The predicted molar refractivity (Wildman–Crippen MR) is 108 cm³/mol. The molecule has 1 N–H and O–H groups in total. The molecule has 0 radical (unpaired) electrons. The summed E-state index contributed by atoms with van der Waals surface area (Å²) in [5.74, 6) is 2.53. The topological polar surface area (TPSA) is 30.5 Å². The first-order valence-electron chi connectivity index (χ1n) is 9.72. The maximum Gasteiger partial charge on any atom is 0.128 e. The summed E-state index contributed by atoms with van der Waals surface area (Å²) >= 11 is 0.